The van der Waals surface area contributed by atoms with Crippen LogP contribution in [0.2, 0.25) is 0 Å². The summed E-state index contributed by atoms with van der Waals surface area (Å²) in [5.41, 5.74) is 0.276. The van der Waals surface area contributed by atoms with Crippen molar-refractivity contribution in [2.45, 2.75) is 56.7 Å². The summed E-state index contributed by atoms with van der Waals surface area (Å²) < 4.78 is 59.8. The number of halogens is 3. The van der Waals surface area contributed by atoms with Gasteiger partial charge >= 0.3 is 18.2 Å². The lowest BCUT2D eigenvalue weighted by Crippen LogP contribution is -2.52. The molecule has 4 heterocycles. The van der Waals surface area contributed by atoms with Crippen molar-refractivity contribution in [2.75, 3.05) is 39.3 Å². The van der Waals surface area contributed by atoms with Crippen LogP contribution in [-0.4, -0.2) is 77.6 Å². The molecule has 3 saturated heterocycles. The van der Waals surface area contributed by atoms with E-state index >= 15 is 0 Å². The number of aromatic nitrogens is 1. The van der Waals surface area contributed by atoms with E-state index in [-0.39, 0.29) is 48.3 Å². The number of ether oxygens (including phenoxy) is 3. The molecule has 3 fully saturated rings. The molecule has 0 radical (unpaired) electrons. The normalized spacial score (nSPS) is 18.4. The Hall–Kier alpha value is -5.90. The van der Waals surface area contributed by atoms with Crippen molar-refractivity contribution in [3.8, 4) is 11.5 Å². The first-order chi connectivity index (χ1) is 28.9. The van der Waals surface area contributed by atoms with E-state index < -0.39 is 41.5 Å². The minimum absolute atomic E-state index is 0.117. The Balaban J connectivity index is 0.911. The number of amides is 1. The summed E-state index contributed by atoms with van der Waals surface area (Å²) in [6.07, 6.45) is -3.65. The van der Waals surface area contributed by atoms with Gasteiger partial charge < -0.3 is 40.0 Å². The number of unbranched alkanes of at least 4 members (excludes halogenated alkanes) is 1. The van der Waals surface area contributed by atoms with Gasteiger partial charge in [-0.25, -0.2) is 9.59 Å². The number of phenols is 1. The number of alkyl carbamates (subject to hydrolysis) is 1. The van der Waals surface area contributed by atoms with Crippen LogP contribution in [0.5, 0.6) is 11.5 Å². The number of benzene rings is 4. The monoisotopic (exact) mass is 828 g/mol. The minimum Gasteiger partial charge on any atom is -0.506 e. The van der Waals surface area contributed by atoms with Crippen molar-refractivity contribution in [1.82, 2.24) is 20.5 Å². The van der Waals surface area contributed by atoms with Crippen LogP contribution in [0.3, 0.4) is 0 Å². The van der Waals surface area contributed by atoms with Gasteiger partial charge in [0.15, 0.2) is 0 Å². The van der Waals surface area contributed by atoms with Gasteiger partial charge in [0.25, 0.3) is 0 Å². The molecule has 15 heteroatoms. The summed E-state index contributed by atoms with van der Waals surface area (Å²) in [5, 5.41) is 27.4. The third-order valence-electron chi connectivity index (χ3n) is 11.0. The van der Waals surface area contributed by atoms with Gasteiger partial charge in [-0.15, -0.1) is 0 Å². The summed E-state index contributed by atoms with van der Waals surface area (Å²) in [4.78, 5) is 42.6. The van der Waals surface area contributed by atoms with Crippen molar-refractivity contribution in [1.29, 1.82) is 0 Å². The summed E-state index contributed by atoms with van der Waals surface area (Å²) in [6, 6.07) is 24.9. The maximum atomic E-state index is 14.2. The lowest BCUT2D eigenvalue weighted by atomic mass is 9.86. The number of esters is 1. The molecule has 5 N–H and O–H groups in total. The third kappa shape index (κ3) is 10.4. The number of H-pyrrole nitrogens is 1. The van der Waals surface area contributed by atoms with E-state index in [4.69, 9.17) is 14.2 Å². The van der Waals surface area contributed by atoms with Crippen LogP contribution in [-0.2, 0) is 22.3 Å². The first-order valence-corrected chi connectivity index (χ1v) is 20.0. The maximum Gasteiger partial charge on any atom is 0.417 e. The van der Waals surface area contributed by atoms with E-state index in [9.17, 15) is 37.8 Å². The fourth-order valence-corrected chi connectivity index (χ4v) is 7.88. The highest BCUT2D eigenvalue weighted by Gasteiger charge is 2.38. The highest BCUT2D eigenvalue weighted by molar-refractivity contribution is 5.91. The molecule has 8 rings (SSSR count). The number of aliphatic hydroxyl groups is 1. The van der Waals surface area contributed by atoms with Crippen LogP contribution in [0.25, 0.3) is 10.9 Å². The molecule has 2 bridgehead atoms. The van der Waals surface area contributed by atoms with Crippen LogP contribution in [0.1, 0.15) is 76.0 Å². The van der Waals surface area contributed by atoms with Crippen LogP contribution in [0, 0.1) is 5.92 Å². The zero-order valence-electron chi connectivity index (χ0n) is 32.8. The smallest absolute Gasteiger partial charge is 0.417 e. The Bertz CT molecular complexity index is 2330. The van der Waals surface area contributed by atoms with E-state index in [1.807, 2.05) is 36.4 Å². The summed E-state index contributed by atoms with van der Waals surface area (Å²) in [6.45, 7) is 2.99. The average molecular weight is 829 g/mol. The number of aromatic hydroxyl groups is 1. The van der Waals surface area contributed by atoms with Crippen molar-refractivity contribution in [3.05, 3.63) is 141 Å². The second-order valence-corrected chi connectivity index (χ2v) is 15.2. The van der Waals surface area contributed by atoms with Crippen LogP contribution >= 0.6 is 0 Å². The lowest BCUT2D eigenvalue weighted by Gasteiger charge is -2.43. The Kier molecular flexibility index (Phi) is 13.4. The Labute approximate surface area is 344 Å². The number of nitrogens with zero attached hydrogens (tertiary/aromatic N) is 1. The zero-order chi connectivity index (χ0) is 42.2. The number of rotatable bonds is 16. The fraction of sp³-hybridized carbons (Fsp3) is 0.356. The molecule has 3 aliphatic heterocycles. The molecule has 4 aromatic carbocycles. The van der Waals surface area contributed by atoms with Crippen molar-refractivity contribution in [3.63, 3.8) is 0 Å². The number of alkyl halides is 3. The van der Waals surface area contributed by atoms with E-state index in [1.165, 1.54) is 24.3 Å². The van der Waals surface area contributed by atoms with Gasteiger partial charge in [0.2, 0.25) is 5.56 Å². The predicted molar refractivity (Wildman–Crippen MR) is 217 cm³/mol. The van der Waals surface area contributed by atoms with Gasteiger partial charge in [0, 0.05) is 24.5 Å². The molecule has 2 unspecified atom stereocenters. The molecule has 1 amide bonds. The number of pyridine rings is 1. The number of carbonyl (C=O) groups excluding carboxylic acids is 2. The van der Waals surface area contributed by atoms with Crippen LogP contribution < -0.4 is 20.9 Å². The number of hydrogen-bond donors (Lipinski definition) is 5. The second-order valence-electron chi connectivity index (χ2n) is 15.2. The molecule has 316 valence electrons. The first kappa shape index (κ1) is 42.2. The van der Waals surface area contributed by atoms with E-state index in [0.29, 0.717) is 47.6 Å². The number of phenolic OH excluding ortho intramolecular Hbond substituents is 1. The summed E-state index contributed by atoms with van der Waals surface area (Å²) in [7, 11) is 0. The number of nitrogens with one attached hydrogen (secondary N) is 3. The molecule has 1 aromatic heterocycles. The Morgan fingerprint density at radius 2 is 1.70 bits per heavy atom. The molecular formula is C45H47F3N4O8. The van der Waals surface area contributed by atoms with Crippen molar-refractivity contribution >= 4 is 23.0 Å². The highest BCUT2D eigenvalue weighted by Crippen LogP contribution is 2.35. The number of aromatic amines is 1. The van der Waals surface area contributed by atoms with Gasteiger partial charge in [0.05, 0.1) is 35.4 Å². The lowest BCUT2D eigenvalue weighted by molar-refractivity contribution is -0.138. The average Bonchev–Trinajstić information content (AvgIpc) is 3.25. The van der Waals surface area contributed by atoms with Crippen LogP contribution in [0.15, 0.2) is 102 Å². The topological polar surface area (TPSA) is 162 Å². The zero-order valence-corrected chi connectivity index (χ0v) is 32.8. The molecule has 5 aromatic rings. The van der Waals surface area contributed by atoms with Crippen LogP contribution in [0.4, 0.5) is 18.0 Å². The largest absolute Gasteiger partial charge is 0.506 e. The van der Waals surface area contributed by atoms with E-state index in [0.717, 1.165) is 50.2 Å². The minimum atomic E-state index is -4.84. The van der Waals surface area contributed by atoms with Gasteiger partial charge in [-0.2, -0.15) is 13.2 Å². The summed E-state index contributed by atoms with van der Waals surface area (Å²) in [5.74, 6) is -0.507. The highest BCUT2D eigenvalue weighted by atomic mass is 19.4. The standard InChI is InChI=1S/C45H47F3N4O8/c46-45(47,48)36-23-28(11-12-35(36)43(56)58-22-5-4-19-49-25-38(54)33-13-15-37(53)42-34(33)14-16-40(55)50-42)27-59-32-10-6-9-31(24-32)41(30-7-2-1-3-8-30)51-44(57)60-39-26-52-20-17-29(39)18-21-52/h1-3,6-16,23-24,29,38-39,41,49,53-54H,4-5,17-22,25-27H2,(H,50,55)(H,51,57)/t38?,39?,41-/m0/s1. The SMILES string of the molecule is O=C(N[C@@H](c1ccccc1)c1cccc(OCc2ccc(C(=O)OCCCCNCC(O)c3ccc(O)c4[nH]c(=O)ccc34)c(C(F)(F)F)c2)c1)OC1CN2CCC1CC2. The molecule has 0 aliphatic carbocycles. The van der Waals surface area contributed by atoms with Crippen molar-refractivity contribution in [2.24, 2.45) is 5.92 Å². The molecule has 3 atom stereocenters. The first-order valence-electron chi connectivity index (χ1n) is 20.0. The molecule has 3 aliphatic rings. The maximum absolute atomic E-state index is 14.2. The third-order valence-corrected chi connectivity index (χ3v) is 11.0. The second kappa shape index (κ2) is 19.0. The predicted octanol–water partition coefficient (Wildman–Crippen LogP) is 7.00. The van der Waals surface area contributed by atoms with Crippen molar-refractivity contribution < 1.29 is 47.2 Å². The van der Waals surface area contributed by atoms with Gasteiger partial charge in [-0.05, 0) is 110 Å². The number of aliphatic hydroxyl groups excluding tert-OH is 1. The number of hydrogen-bond acceptors (Lipinski definition) is 10. The van der Waals surface area contributed by atoms with E-state index in [2.05, 4.69) is 20.5 Å². The fourth-order valence-electron chi connectivity index (χ4n) is 7.88. The summed E-state index contributed by atoms with van der Waals surface area (Å²) >= 11 is 0. The Morgan fingerprint density at radius 1 is 0.917 bits per heavy atom. The van der Waals surface area contributed by atoms with Gasteiger partial charge in [-0.3, -0.25) is 9.69 Å². The van der Waals surface area contributed by atoms with Gasteiger partial charge in [0.1, 0.15) is 24.2 Å². The number of fused-ring (bicyclic) bond motifs is 4. The molecule has 60 heavy (non-hydrogen) atoms. The van der Waals surface area contributed by atoms with Gasteiger partial charge in [-0.1, -0.05) is 54.6 Å². The Morgan fingerprint density at radius 3 is 2.45 bits per heavy atom. The quantitative estimate of drug-likeness (QED) is 0.0517. The molecular weight excluding hydrogens is 782 g/mol. The number of carbonyl (C=O) groups is 2. The molecule has 0 spiro atoms. The molecule has 0 saturated carbocycles. The van der Waals surface area contributed by atoms with E-state index in [1.54, 1.807) is 24.3 Å². The molecule has 12 nitrogen and oxygen atoms in total. The number of piperidine rings is 3.